The SMILES string of the molecule is COc1ccc(OC)c(-c2ncnc(N)c2OC)c1. The molecule has 0 bridgehead atoms. The van der Waals surface area contributed by atoms with E-state index in [1.807, 2.05) is 6.07 Å². The molecular weight excluding hydrogens is 246 g/mol. The van der Waals surface area contributed by atoms with Gasteiger partial charge in [-0.15, -0.1) is 0 Å². The molecule has 0 aliphatic carbocycles. The highest BCUT2D eigenvalue weighted by Crippen LogP contribution is 2.38. The van der Waals surface area contributed by atoms with E-state index in [0.29, 0.717) is 22.9 Å². The second-order valence-corrected chi connectivity index (χ2v) is 3.71. The van der Waals surface area contributed by atoms with Crippen LogP contribution in [0, 0.1) is 0 Å². The molecule has 6 nitrogen and oxygen atoms in total. The van der Waals surface area contributed by atoms with Crippen molar-refractivity contribution in [3.05, 3.63) is 24.5 Å². The first-order valence-corrected chi connectivity index (χ1v) is 5.58. The van der Waals surface area contributed by atoms with Crippen molar-refractivity contribution in [2.45, 2.75) is 0 Å². The number of ether oxygens (including phenoxy) is 3. The van der Waals surface area contributed by atoms with Crippen LogP contribution in [0.15, 0.2) is 24.5 Å². The molecule has 0 aliphatic heterocycles. The van der Waals surface area contributed by atoms with Crippen LogP contribution in [0.25, 0.3) is 11.3 Å². The minimum Gasteiger partial charge on any atom is -0.497 e. The third kappa shape index (κ3) is 2.37. The molecule has 0 unspecified atom stereocenters. The normalized spacial score (nSPS) is 10.1. The van der Waals surface area contributed by atoms with E-state index in [1.54, 1.807) is 26.4 Å². The predicted molar refractivity (Wildman–Crippen MR) is 71.5 cm³/mol. The van der Waals surface area contributed by atoms with E-state index in [0.717, 1.165) is 5.56 Å². The molecule has 2 aromatic rings. The lowest BCUT2D eigenvalue weighted by Crippen LogP contribution is -2.01. The van der Waals surface area contributed by atoms with Gasteiger partial charge >= 0.3 is 0 Å². The fourth-order valence-corrected chi connectivity index (χ4v) is 1.78. The maximum absolute atomic E-state index is 5.78. The molecule has 2 rings (SSSR count). The third-order valence-corrected chi connectivity index (χ3v) is 2.70. The van der Waals surface area contributed by atoms with Gasteiger partial charge in [0.25, 0.3) is 0 Å². The van der Waals surface area contributed by atoms with E-state index in [-0.39, 0.29) is 5.82 Å². The Morgan fingerprint density at radius 1 is 1.00 bits per heavy atom. The lowest BCUT2D eigenvalue weighted by molar-refractivity contribution is 0.401. The second kappa shape index (κ2) is 5.43. The molecular formula is C13H15N3O3. The Kier molecular flexibility index (Phi) is 3.70. The van der Waals surface area contributed by atoms with Gasteiger partial charge in [-0.05, 0) is 18.2 Å². The number of nitrogens with zero attached hydrogens (tertiary/aromatic N) is 2. The van der Waals surface area contributed by atoms with Crippen molar-refractivity contribution in [3.8, 4) is 28.5 Å². The summed E-state index contributed by atoms with van der Waals surface area (Å²) in [5.41, 5.74) is 7.07. The Labute approximate surface area is 111 Å². The highest BCUT2D eigenvalue weighted by atomic mass is 16.5. The van der Waals surface area contributed by atoms with Gasteiger partial charge in [0.05, 0.1) is 21.3 Å². The highest BCUT2D eigenvalue weighted by molar-refractivity contribution is 5.77. The molecule has 6 heteroatoms. The van der Waals surface area contributed by atoms with E-state index in [1.165, 1.54) is 13.4 Å². The van der Waals surface area contributed by atoms with Crippen LogP contribution in [0.2, 0.25) is 0 Å². The van der Waals surface area contributed by atoms with Gasteiger partial charge in [-0.3, -0.25) is 0 Å². The summed E-state index contributed by atoms with van der Waals surface area (Å²) in [5, 5.41) is 0. The van der Waals surface area contributed by atoms with Crippen LogP contribution in [-0.4, -0.2) is 31.3 Å². The number of anilines is 1. The molecule has 0 radical (unpaired) electrons. The van der Waals surface area contributed by atoms with Gasteiger partial charge in [-0.2, -0.15) is 0 Å². The van der Waals surface area contributed by atoms with Gasteiger partial charge in [-0.25, -0.2) is 9.97 Å². The fraction of sp³-hybridized carbons (Fsp3) is 0.231. The number of benzene rings is 1. The van der Waals surface area contributed by atoms with Crippen molar-refractivity contribution in [1.29, 1.82) is 0 Å². The minimum absolute atomic E-state index is 0.275. The maximum Gasteiger partial charge on any atom is 0.187 e. The lowest BCUT2D eigenvalue weighted by Gasteiger charge is -2.13. The average molecular weight is 261 g/mol. The van der Waals surface area contributed by atoms with E-state index >= 15 is 0 Å². The summed E-state index contributed by atoms with van der Waals surface area (Å²) >= 11 is 0. The molecule has 0 amide bonds. The molecule has 1 aromatic carbocycles. The average Bonchev–Trinajstić information content (AvgIpc) is 2.46. The number of rotatable bonds is 4. The molecule has 0 spiro atoms. The van der Waals surface area contributed by atoms with Crippen LogP contribution in [0.4, 0.5) is 5.82 Å². The van der Waals surface area contributed by atoms with E-state index in [4.69, 9.17) is 19.9 Å². The van der Waals surface area contributed by atoms with Gasteiger partial charge in [0.1, 0.15) is 23.5 Å². The van der Waals surface area contributed by atoms with Crippen molar-refractivity contribution in [3.63, 3.8) is 0 Å². The molecule has 19 heavy (non-hydrogen) atoms. The number of nitrogen functional groups attached to an aromatic ring is 1. The largest absolute Gasteiger partial charge is 0.497 e. The number of hydrogen-bond donors (Lipinski definition) is 1. The van der Waals surface area contributed by atoms with Crippen LogP contribution in [0.5, 0.6) is 17.2 Å². The minimum atomic E-state index is 0.275. The van der Waals surface area contributed by atoms with Crippen molar-refractivity contribution in [2.75, 3.05) is 27.1 Å². The topological polar surface area (TPSA) is 79.5 Å². The zero-order valence-corrected chi connectivity index (χ0v) is 11.0. The van der Waals surface area contributed by atoms with Crippen molar-refractivity contribution < 1.29 is 14.2 Å². The van der Waals surface area contributed by atoms with Gasteiger partial charge in [-0.1, -0.05) is 0 Å². The number of aromatic nitrogens is 2. The highest BCUT2D eigenvalue weighted by Gasteiger charge is 2.16. The van der Waals surface area contributed by atoms with Crippen molar-refractivity contribution >= 4 is 5.82 Å². The summed E-state index contributed by atoms with van der Waals surface area (Å²) in [5.74, 6) is 2.03. The Balaban J connectivity index is 2.66. The molecule has 0 saturated heterocycles. The number of nitrogens with two attached hydrogens (primary N) is 1. The third-order valence-electron chi connectivity index (χ3n) is 2.70. The van der Waals surface area contributed by atoms with Gasteiger partial charge in [0.2, 0.25) is 0 Å². The summed E-state index contributed by atoms with van der Waals surface area (Å²) in [4.78, 5) is 8.12. The Hall–Kier alpha value is -2.50. The lowest BCUT2D eigenvalue weighted by atomic mass is 10.1. The molecule has 0 saturated carbocycles. The molecule has 1 heterocycles. The first-order chi connectivity index (χ1) is 9.21. The van der Waals surface area contributed by atoms with Crippen LogP contribution in [0.1, 0.15) is 0 Å². The molecule has 0 fully saturated rings. The Bertz CT molecular complexity index is 587. The van der Waals surface area contributed by atoms with Gasteiger partial charge < -0.3 is 19.9 Å². The second-order valence-electron chi connectivity index (χ2n) is 3.71. The Morgan fingerprint density at radius 3 is 2.42 bits per heavy atom. The van der Waals surface area contributed by atoms with Crippen molar-refractivity contribution in [1.82, 2.24) is 9.97 Å². The van der Waals surface area contributed by atoms with E-state index < -0.39 is 0 Å². The summed E-state index contributed by atoms with van der Waals surface area (Å²) < 4.78 is 15.8. The predicted octanol–water partition coefficient (Wildman–Crippen LogP) is 1.75. The van der Waals surface area contributed by atoms with E-state index in [2.05, 4.69) is 9.97 Å². The molecule has 1 aromatic heterocycles. The summed E-state index contributed by atoms with van der Waals surface area (Å²) in [6.45, 7) is 0. The number of methoxy groups -OCH3 is 3. The fourth-order valence-electron chi connectivity index (χ4n) is 1.78. The summed E-state index contributed by atoms with van der Waals surface area (Å²) in [7, 11) is 4.70. The Morgan fingerprint density at radius 2 is 1.79 bits per heavy atom. The summed E-state index contributed by atoms with van der Waals surface area (Å²) in [6, 6.07) is 5.41. The first-order valence-electron chi connectivity index (χ1n) is 5.58. The van der Waals surface area contributed by atoms with Crippen molar-refractivity contribution in [2.24, 2.45) is 0 Å². The van der Waals surface area contributed by atoms with Gasteiger partial charge in [0, 0.05) is 5.56 Å². The number of hydrogen-bond acceptors (Lipinski definition) is 6. The molecule has 2 N–H and O–H groups in total. The van der Waals surface area contributed by atoms with Crippen LogP contribution in [-0.2, 0) is 0 Å². The maximum atomic E-state index is 5.78. The summed E-state index contributed by atoms with van der Waals surface area (Å²) in [6.07, 6.45) is 1.38. The van der Waals surface area contributed by atoms with E-state index in [9.17, 15) is 0 Å². The molecule has 100 valence electrons. The van der Waals surface area contributed by atoms with Crippen LogP contribution in [0.3, 0.4) is 0 Å². The smallest absolute Gasteiger partial charge is 0.187 e. The zero-order chi connectivity index (χ0) is 13.8. The molecule has 0 atom stereocenters. The monoisotopic (exact) mass is 261 g/mol. The first kappa shape index (κ1) is 12.9. The standard InChI is InChI=1S/C13H15N3O3/c1-17-8-4-5-10(18-2)9(6-8)11-12(19-3)13(14)16-7-15-11/h4-7H,1-3H3,(H2,14,15,16). The van der Waals surface area contributed by atoms with Crippen LogP contribution >= 0.6 is 0 Å². The van der Waals surface area contributed by atoms with Crippen LogP contribution < -0.4 is 19.9 Å². The molecule has 0 aliphatic rings. The quantitative estimate of drug-likeness (QED) is 0.903. The zero-order valence-electron chi connectivity index (χ0n) is 11.0. The van der Waals surface area contributed by atoms with Gasteiger partial charge in [0.15, 0.2) is 11.6 Å².